The summed E-state index contributed by atoms with van der Waals surface area (Å²) in [6.07, 6.45) is 4.13. The van der Waals surface area contributed by atoms with Crippen molar-refractivity contribution in [2.45, 2.75) is 0 Å². The summed E-state index contributed by atoms with van der Waals surface area (Å²) < 4.78 is 0.887. The van der Waals surface area contributed by atoms with Gasteiger partial charge in [0.1, 0.15) is 0 Å². The first-order chi connectivity index (χ1) is 8.56. The van der Waals surface area contributed by atoms with Crippen LogP contribution >= 0.6 is 27.5 Å². The molecule has 0 saturated carbocycles. The fraction of sp³-hybridized carbons (Fsp3) is 0. The molecule has 0 N–H and O–H groups in total. The summed E-state index contributed by atoms with van der Waals surface area (Å²) in [5, 5.41) is 0.0554. The van der Waals surface area contributed by atoms with Gasteiger partial charge in [-0.25, -0.2) is 4.99 Å². The predicted octanol–water partition coefficient (Wildman–Crippen LogP) is 3.29. The molecule has 0 spiro atoms. The number of nitrogens with zero attached hydrogens (tertiary/aromatic N) is 1. The summed E-state index contributed by atoms with van der Waals surface area (Å²) in [5.74, 6) is -0.663. The van der Waals surface area contributed by atoms with Crippen molar-refractivity contribution in [2.24, 2.45) is 4.99 Å². The molecule has 1 aliphatic carbocycles. The Labute approximate surface area is 117 Å². The Balaban J connectivity index is 2.24. The van der Waals surface area contributed by atoms with Gasteiger partial charge in [-0.05, 0) is 42.5 Å². The van der Waals surface area contributed by atoms with Gasteiger partial charge in [0.25, 0.3) is 5.91 Å². The molecule has 1 amide bonds. The number of hydrogen-bond donors (Lipinski definition) is 0. The molecule has 18 heavy (non-hydrogen) atoms. The maximum absolute atomic E-state index is 11.8. The summed E-state index contributed by atoms with van der Waals surface area (Å²) in [5.41, 5.74) is 0.841. The maximum Gasteiger partial charge on any atom is 0.277 e. The molecule has 3 nitrogen and oxygen atoms in total. The van der Waals surface area contributed by atoms with E-state index in [1.807, 2.05) is 0 Å². The molecule has 0 heterocycles. The summed E-state index contributed by atoms with van der Waals surface area (Å²) in [4.78, 5) is 26.8. The van der Waals surface area contributed by atoms with Crippen LogP contribution in [-0.2, 0) is 4.79 Å². The molecule has 0 unspecified atom stereocenters. The molecule has 0 aromatic heterocycles. The number of ketones is 1. The Morgan fingerprint density at radius 1 is 1.17 bits per heavy atom. The van der Waals surface area contributed by atoms with E-state index in [1.54, 1.807) is 24.3 Å². The minimum Gasteiger partial charge on any atom is -0.288 e. The van der Waals surface area contributed by atoms with Crippen molar-refractivity contribution in [1.29, 1.82) is 0 Å². The first-order valence-electron chi connectivity index (χ1n) is 5.04. The molecule has 2 rings (SSSR count). The van der Waals surface area contributed by atoms with Gasteiger partial charge in [-0.2, -0.15) is 0 Å². The number of carbonyl (C=O) groups excluding carboxylic acids is 2. The molecule has 5 heteroatoms. The third-order valence-electron chi connectivity index (χ3n) is 2.24. The van der Waals surface area contributed by atoms with Crippen molar-refractivity contribution < 1.29 is 9.59 Å². The summed E-state index contributed by atoms with van der Waals surface area (Å²) in [6, 6.07) is 6.85. The zero-order valence-corrected chi connectivity index (χ0v) is 11.4. The molecule has 1 aromatic carbocycles. The van der Waals surface area contributed by atoms with Gasteiger partial charge in [0.15, 0.2) is 5.78 Å². The van der Waals surface area contributed by atoms with E-state index in [9.17, 15) is 9.59 Å². The Hall–Kier alpha value is -1.52. The van der Waals surface area contributed by atoms with Crippen molar-refractivity contribution in [3.8, 4) is 0 Å². The van der Waals surface area contributed by atoms with Crippen molar-refractivity contribution in [3.63, 3.8) is 0 Å². The molecule has 0 radical (unpaired) electrons. The molecular weight excluding hydrogens is 318 g/mol. The van der Waals surface area contributed by atoms with Gasteiger partial charge >= 0.3 is 0 Å². The fourth-order valence-electron chi connectivity index (χ4n) is 1.33. The third kappa shape index (κ3) is 3.03. The van der Waals surface area contributed by atoms with E-state index < -0.39 is 0 Å². The molecule has 0 aliphatic heterocycles. The monoisotopic (exact) mass is 323 g/mol. The third-order valence-corrected chi connectivity index (χ3v) is 3.06. The summed E-state index contributed by atoms with van der Waals surface area (Å²) in [6.45, 7) is 0. The average molecular weight is 325 g/mol. The zero-order valence-electron chi connectivity index (χ0n) is 9.06. The standard InChI is InChI=1S/C13H7BrClNO2/c14-9-3-1-8(2-4-9)13(18)16-10-5-6-12(17)11(15)7-10/h1-7H. The van der Waals surface area contributed by atoms with Crippen LogP contribution in [-0.4, -0.2) is 17.4 Å². The first kappa shape index (κ1) is 12.9. The van der Waals surface area contributed by atoms with Crippen LogP contribution in [0.1, 0.15) is 10.4 Å². The average Bonchev–Trinajstić information content (AvgIpc) is 2.34. The largest absolute Gasteiger partial charge is 0.288 e. The van der Waals surface area contributed by atoms with Crippen LogP contribution in [0.3, 0.4) is 0 Å². The van der Waals surface area contributed by atoms with Crippen molar-refractivity contribution in [2.75, 3.05) is 0 Å². The van der Waals surface area contributed by atoms with Crippen LogP contribution in [0.2, 0.25) is 0 Å². The molecule has 1 aromatic rings. The van der Waals surface area contributed by atoms with E-state index in [4.69, 9.17) is 11.6 Å². The number of halogens is 2. The lowest BCUT2D eigenvalue weighted by Gasteiger charge is -2.02. The first-order valence-corrected chi connectivity index (χ1v) is 6.21. The van der Waals surface area contributed by atoms with Gasteiger partial charge in [-0.1, -0.05) is 27.5 Å². The number of rotatable bonds is 1. The van der Waals surface area contributed by atoms with Crippen LogP contribution < -0.4 is 0 Å². The minimum absolute atomic E-state index is 0.0554. The van der Waals surface area contributed by atoms with Crippen molar-refractivity contribution in [1.82, 2.24) is 0 Å². The van der Waals surface area contributed by atoms with Gasteiger partial charge in [0.2, 0.25) is 0 Å². The van der Waals surface area contributed by atoms with Gasteiger partial charge in [-0.15, -0.1) is 0 Å². The van der Waals surface area contributed by atoms with E-state index in [-0.39, 0.29) is 16.7 Å². The van der Waals surface area contributed by atoms with Crippen LogP contribution in [0.4, 0.5) is 0 Å². The molecule has 0 bridgehead atoms. The summed E-state index contributed by atoms with van der Waals surface area (Å²) >= 11 is 8.96. The number of aliphatic imine (C=N–C) groups is 1. The number of allylic oxidation sites excluding steroid dienone is 4. The molecule has 0 atom stereocenters. The van der Waals surface area contributed by atoms with Gasteiger partial charge in [0, 0.05) is 10.0 Å². The highest BCUT2D eigenvalue weighted by molar-refractivity contribution is 9.10. The van der Waals surface area contributed by atoms with Crippen LogP contribution in [0.15, 0.2) is 57.0 Å². The van der Waals surface area contributed by atoms with Crippen LogP contribution in [0.5, 0.6) is 0 Å². The van der Waals surface area contributed by atoms with Gasteiger partial charge < -0.3 is 0 Å². The highest BCUT2D eigenvalue weighted by Crippen LogP contribution is 2.13. The molecular formula is C13H7BrClNO2. The van der Waals surface area contributed by atoms with Crippen molar-refractivity contribution in [3.05, 3.63) is 57.6 Å². The maximum atomic E-state index is 11.8. The molecule has 0 fully saturated rings. The van der Waals surface area contributed by atoms with E-state index >= 15 is 0 Å². The lowest BCUT2D eigenvalue weighted by atomic mass is 10.1. The normalized spacial score (nSPS) is 16.9. The zero-order chi connectivity index (χ0) is 13.1. The van der Waals surface area contributed by atoms with Gasteiger partial charge in [-0.3, -0.25) is 9.59 Å². The molecule has 0 saturated heterocycles. The highest BCUT2D eigenvalue weighted by atomic mass is 79.9. The second-order valence-electron chi connectivity index (χ2n) is 3.54. The fourth-order valence-corrected chi connectivity index (χ4v) is 1.77. The quantitative estimate of drug-likeness (QED) is 0.744. The number of carbonyl (C=O) groups is 2. The second-order valence-corrected chi connectivity index (χ2v) is 4.86. The smallest absolute Gasteiger partial charge is 0.277 e. The summed E-state index contributed by atoms with van der Waals surface area (Å²) in [7, 11) is 0. The molecule has 1 aliphatic rings. The second kappa shape index (κ2) is 5.42. The van der Waals surface area contributed by atoms with Crippen LogP contribution in [0, 0.1) is 0 Å². The number of hydrogen-bond acceptors (Lipinski definition) is 2. The Morgan fingerprint density at radius 2 is 1.83 bits per heavy atom. The number of amides is 1. The SMILES string of the molecule is O=C1C=CC(=NC(=O)c2ccc(Br)cc2)C=C1Cl. The van der Waals surface area contributed by atoms with E-state index in [0.29, 0.717) is 11.3 Å². The Kier molecular flexibility index (Phi) is 3.89. The van der Waals surface area contributed by atoms with E-state index in [0.717, 1.165) is 4.47 Å². The Bertz CT molecular complexity index is 600. The van der Waals surface area contributed by atoms with Crippen molar-refractivity contribution >= 4 is 44.9 Å². The highest BCUT2D eigenvalue weighted by Gasteiger charge is 2.11. The van der Waals surface area contributed by atoms with E-state index in [1.165, 1.54) is 18.2 Å². The number of benzene rings is 1. The van der Waals surface area contributed by atoms with Crippen LogP contribution in [0.25, 0.3) is 0 Å². The topological polar surface area (TPSA) is 46.5 Å². The minimum atomic E-state index is -0.378. The van der Waals surface area contributed by atoms with Gasteiger partial charge in [0.05, 0.1) is 10.7 Å². The molecule has 90 valence electrons. The lowest BCUT2D eigenvalue weighted by Crippen LogP contribution is -2.06. The van der Waals surface area contributed by atoms with E-state index in [2.05, 4.69) is 20.9 Å². The Morgan fingerprint density at radius 3 is 2.44 bits per heavy atom. The lowest BCUT2D eigenvalue weighted by molar-refractivity contribution is -0.110. The predicted molar refractivity (Wildman–Crippen MR) is 74.0 cm³/mol.